The first-order valence-corrected chi connectivity index (χ1v) is 11.0. The minimum absolute atomic E-state index is 0.115. The Bertz CT molecular complexity index is 1050. The van der Waals surface area contributed by atoms with Gasteiger partial charge < -0.3 is 5.32 Å². The standard InChI is InChI=1S/C26H26ClFN2O/c1-18-24(3-2-4-25(18)27)26(31)29-15-19-5-9-21(10-6-19)22-13-14-30(17-22)16-20-7-11-23(28)12-8-20/h2-12,22H,13-17H2,1H3,(H,29,31). The van der Waals surface area contributed by atoms with Gasteiger partial charge in [0.25, 0.3) is 5.91 Å². The van der Waals surface area contributed by atoms with E-state index in [-0.39, 0.29) is 11.7 Å². The third-order valence-corrected chi connectivity index (χ3v) is 6.42. The lowest BCUT2D eigenvalue weighted by Gasteiger charge is -2.16. The number of carbonyl (C=O) groups excluding carboxylic acids is 1. The minimum atomic E-state index is -0.193. The second-order valence-corrected chi connectivity index (χ2v) is 8.59. The first kappa shape index (κ1) is 21.5. The van der Waals surface area contributed by atoms with Gasteiger partial charge in [-0.25, -0.2) is 4.39 Å². The van der Waals surface area contributed by atoms with E-state index in [0.29, 0.717) is 23.0 Å². The van der Waals surface area contributed by atoms with Gasteiger partial charge in [0.15, 0.2) is 0 Å². The second kappa shape index (κ2) is 9.63. The molecule has 0 saturated carbocycles. The molecule has 1 N–H and O–H groups in total. The van der Waals surface area contributed by atoms with Crippen LogP contribution in [0.2, 0.25) is 5.02 Å². The monoisotopic (exact) mass is 436 g/mol. The van der Waals surface area contributed by atoms with Crippen molar-refractivity contribution in [3.05, 3.63) is 105 Å². The molecular formula is C26H26ClFN2O. The molecule has 1 amide bonds. The summed E-state index contributed by atoms with van der Waals surface area (Å²) in [6, 6.07) is 20.6. The molecule has 1 aliphatic rings. The molecule has 3 aromatic rings. The Morgan fingerprint density at radius 1 is 1.06 bits per heavy atom. The van der Waals surface area contributed by atoms with Gasteiger partial charge in [0.05, 0.1) is 0 Å². The Kier molecular flexibility index (Phi) is 6.69. The minimum Gasteiger partial charge on any atom is -0.348 e. The van der Waals surface area contributed by atoms with Gasteiger partial charge in [-0.1, -0.05) is 54.1 Å². The van der Waals surface area contributed by atoms with E-state index in [4.69, 9.17) is 11.6 Å². The van der Waals surface area contributed by atoms with Crippen molar-refractivity contribution >= 4 is 17.5 Å². The van der Waals surface area contributed by atoms with Crippen LogP contribution in [0.15, 0.2) is 66.7 Å². The third-order valence-electron chi connectivity index (χ3n) is 6.01. The average molecular weight is 437 g/mol. The number of hydrogen-bond acceptors (Lipinski definition) is 2. The zero-order valence-electron chi connectivity index (χ0n) is 17.6. The Hall–Kier alpha value is -2.69. The van der Waals surface area contributed by atoms with Crippen molar-refractivity contribution in [2.24, 2.45) is 0 Å². The summed E-state index contributed by atoms with van der Waals surface area (Å²) in [6.07, 6.45) is 1.12. The van der Waals surface area contributed by atoms with E-state index in [9.17, 15) is 9.18 Å². The van der Waals surface area contributed by atoms with Gasteiger partial charge in [-0.05, 0) is 72.3 Å². The maximum absolute atomic E-state index is 13.1. The molecule has 0 spiro atoms. The van der Waals surface area contributed by atoms with E-state index in [2.05, 4.69) is 34.5 Å². The first-order valence-electron chi connectivity index (χ1n) is 10.6. The van der Waals surface area contributed by atoms with Crippen LogP contribution >= 0.6 is 11.6 Å². The van der Waals surface area contributed by atoms with Crippen LogP contribution in [-0.2, 0) is 13.1 Å². The maximum atomic E-state index is 13.1. The highest BCUT2D eigenvalue weighted by molar-refractivity contribution is 6.31. The number of hydrogen-bond donors (Lipinski definition) is 1. The number of likely N-dealkylation sites (tertiary alicyclic amines) is 1. The van der Waals surface area contributed by atoms with E-state index in [0.717, 1.165) is 42.7 Å². The molecule has 0 radical (unpaired) electrons. The lowest BCUT2D eigenvalue weighted by Crippen LogP contribution is -2.23. The van der Waals surface area contributed by atoms with Crippen molar-refractivity contribution in [3.63, 3.8) is 0 Å². The van der Waals surface area contributed by atoms with Crippen LogP contribution < -0.4 is 5.32 Å². The van der Waals surface area contributed by atoms with Gasteiger partial charge in [0, 0.05) is 30.2 Å². The fraction of sp³-hybridized carbons (Fsp3) is 0.269. The highest BCUT2D eigenvalue weighted by Gasteiger charge is 2.23. The van der Waals surface area contributed by atoms with Crippen LogP contribution in [0.4, 0.5) is 4.39 Å². The van der Waals surface area contributed by atoms with E-state index in [1.54, 1.807) is 18.2 Å². The Morgan fingerprint density at radius 2 is 1.77 bits per heavy atom. The number of rotatable bonds is 6. The molecule has 1 saturated heterocycles. The van der Waals surface area contributed by atoms with Gasteiger partial charge in [-0.2, -0.15) is 0 Å². The summed E-state index contributed by atoms with van der Waals surface area (Å²) in [6.45, 7) is 5.23. The van der Waals surface area contributed by atoms with Gasteiger partial charge in [-0.15, -0.1) is 0 Å². The molecule has 3 nitrogen and oxygen atoms in total. The van der Waals surface area contributed by atoms with Crippen molar-refractivity contribution in [1.82, 2.24) is 10.2 Å². The van der Waals surface area contributed by atoms with Crippen LogP contribution in [0.25, 0.3) is 0 Å². The number of amides is 1. The molecule has 1 aliphatic heterocycles. The molecule has 0 aromatic heterocycles. The molecule has 1 unspecified atom stereocenters. The quantitative estimate of drug-likeness (QED) is 0.537. The van der Waals surface area contributed by atoms with E-state index in [1.807, 2.05) is 19.1 Å². The summed E-state index contributed by atoms with van der Waals surface area (Å²) in [4.78, 5) is 14.9. The number of benzene rings is 3. The summed E-state index contributed by atoms with van der Waals surface area (Å²) in [7, 11) is 0. The third kappa shape index (κ3) is 5.33. The van der Waals surface area contributed by atoms with Crippen molar-refractivity contribution in [3.8, 4) is 0 Å². The largest absolute Gasteiger partial charge is 0.348 e. The van der Waals surface area contributed by atoms with Crippen LogP contribution in [0.5, 0.6) is 0 Å². The maximum Gasteiger partial charge on any atom is 0.251 e. The molecule has 1 fully saturated rings. The molecule has 4 rings (SSSR count). The van der Waals surface area contributed by atoms with Gasteiger partial charge in [-0.3, -0.25) is 9.69 Å². The van der Waals surface area contributed by atoms with Crippen LogP contribution in [0.3, 0.4) is 0 Å². The first-order chi connectivity index (χ1) is 15.0. The molecule has 0 aliphatic carbocycles. The summed E-state index contributed by atoms with van der Waals surface area (Å²) in [5, 5.41) is 3.58. The van der Waals surface area contributed by atoms with Crippen LogP contribution in [-0.4, -0.2) is 23.9 Å². The summed E-state index contributed by atoms with van der Waals surface area (Å²) < 4.78 is 13.1. The molecule has 31 heavy (non-hydrogen) atoms. The van der Waals surface area contributed by atoms with Crippen molar-refractivity contribution in [2.45, 2.75) is 32.4 Å². The smallest absolute Gasteiger partial charge is 0.251 e. The molecular weight excluding hydrogens is 411 g/mol. The van der Waals surface area contributed by atoms with Crippen molar-refractivity contribution in [1.29, 1.82) is 0 Å². The lowest BCUT2D eigenvalue weighted by molar-refractivity contribution is 0.0950. The molecule has 3 aromatic carbocycles. The van der Waals surface area contributed by atoms with Crippen LogP contribution in [0.1, 0.15) is 45.0 Å². The fourth-order valence-electron chi connectivity index (χ4n) is 4.14. The number of nitrogens with zero attached hydrogens (tertiary/aromatic N) is 1. The van der Waals surface area contributed by atoms with E-state index in [1.165, 1.54) is 17.7 Å². The highest BCUT2D eigenvalue weighted by atomic mass is 35.5. The normalized spacial score (nSPS) is 16.4. The van der Waals surface area contributed by atoms with Gasteiger partial charge in [0.2, 0.25) is 0 Å². The van der Waals surface area contributed by atoms with E-state index >= 15 is 0 Å². The predicted octanol–water partition coefficient (Wildman–Crippen LogP) is 5.71. The average Bonchev–Trinajstić information content (AvgIpc) is 3.24. The van der Waals surface area contributed by atoms with Crippen molar-refractivity contribution in [2.75, 3.05) is 13.1 Å². The Balaban J connectivity index is 1.30. The van der Waals surface area contributed by atoms with Gasteiger partial charge >= 0.3 is 0 Å². The molecule has 5 heteroatoms. The zero-order chi connectivity index (χ0) is 21.8. The molecule has 0 bridgehead atoms. The Labute approximate surface area is 187 Å². The van der Waals surface area contributed by atoms with E-state index < -0.39 is 0 Å². The van der Waals surface area contributed by atoms with Crippen molar-refractivity contribution < 1.29 is 9.18 Å². The lowest BCUT2D eigenvalue weighted by atomic mass is 9.97. The summed E-state index contributed by atoms with van der Waals surface area (Å²) >= 11 is 6.12. The molecule has 160 valence electrons. The molecule has 1 heterocycles. The number of nitrogens with one attached hydrogen (secondary N) is 1. The summed E-state index contributed by atoms with van der Waals surface area (Å²) in [5.41, 5.74) is 4.93. The van der Waals surface area contributed by atoms with Gasteiger partial charge in [0.1, 0.15) is 5.82 Å². The fourth-order valence-corrected chi connectivity index (χ4v) is 4.31. The number of halogens is 2. The summed E-state index contributed by atoms with van der Waals surface area (Å²) in [5.74, 6) is 0.191. The SMILES string of the molecule is Cc1c(Cl)cccc1C(=O)NCc1ccc(C2CCN(Cc3ccc(F)cc3)C2)cc1. The Morgan fingerprint density at radius 3 is 2.52 bits per heavy atom. The predicted molar refractivity (Wildman–Crippen MR) is 123 cm³/mol. The van der Waals surface area contributed by atoms with Crippen LogP contribution in [0, 0.1) is 12.7 Å². The highest BCUT2D eigenvalue weighted by Crippen LogP contribution is 2.28. The topological polar surface area (TPSA) is 32.3 Å². The number of carbonyl (C=O) groups is 1. The zero-order valence-corrected chi connectivity index (χ0v) is 18.3. The second-order valence-electron chi connectivity index (χ2n) is 8.18. The molecule has 1 atom stereocenters.